The zero-order valence-electron chi connectivity index (χ0n) is 9.82. The van der Waals surface area contributed by atoms with Crippen LogP contribution in [-0.4, -0.2) is 44.6 Å². The summed E-state index contributed by atoms with van der Waals surface area (Å²) in [5, 5.41) is 18.3. The second-order valence-electron chi connectivity index (χ2n) is 4.35. The third kappa shape index (κ3) is 2.72. The molecule has 1 saturated heterocycles. The summed E-state index contributed by atoms with van der Waals surface area (Å²) in [6.45, 7) is -0.494. The Labute approximate surface area is 112 Å². The van der Waals surface area contributed by atoms with Crippen LogP contribution in [0, 0.1) is 0 Å². The van der Waals surface area contributed by atoms with Crippen LogP contribution in [0.25, 0.3) is 0 Å². The van der Waals surface area contributed by atoms with E-state index in [0.717, 1.165) is 10.8 Å². The van der Waals surface area contributed by atoms with Crippen molar-refractivity contribution < 1.29 is 14.9 Å². The number of nitrogens with two attached hydrogens (primary N) is 1. The van der Waals surface area contributed by atoms with Crippen molar-refractivity contribution in [2.45, 2.75) is 30.9 Å². The van der Waals surface area contributed by atoms with Crippen molar-refractivity contribution in [2.75, 3.05) is 6.61 Å². The van der Waals surface area contributed by atoms with Crippen molar-refractivity contribution >= 4 is 11.6 Å². The number of halogens is 1. The molecular weight excluding hydrogens is 278 g/mol. The van der Waals surface area contributed by atoms with Gasteiger partial charge in [-0.25, -0.2) is 4.79 Å². The molecule has 0 radical (unpaired) electrons. The summed E-state index contributed by atoms with van der Waals surface area (Å²) >= 11 is 5.65. The van der Waals surface area contributed by atoms with E-state index in [9.17, 15) is 14.7 Å². The number of rotatable bonds is 3. The fourth-order valence-corrected chi connectivity index (χ4v) is 2.19. The van der Waals surface area contributed by atoms with Crippen LogP contribution in [0.15, 0.2) is 15.8 Å². The van der Waals surface area contributed by atoms with E-state index in [0.29, 0.717) is 0 Å². The van der Waals surface area contributed by atoms with Gasteiger partial charge in [0.05, 0.1) is 6.61 Å². The Bertz CT molecular complexity index is 571. The maximum Gasteiger partial charge on any atom is 0.330 e. The van der Waals surface area contributed by atoms with Gasteiger partial charge in [-0.2, -0.15) is 0 Å². The summed E-state index contributed by atoms with van der Waals surface area (Å²) in [7, 11) is 0. The lowest BCUT2D eigenvalue weighted by molar-refractivity contribution is -0.0781. The smallest absolute Gasteiger partial charge is 0.330 e. The summed E-state index contributed by atoms with van der Waals surface area (Å²) in [4.78, 5) is 24.8. The molecule has 1 aromatic rings. The number of hydrogen-bond donors (Lipinski definition) is 4. The predicted molar refractivity (Wildman–Crippen MR) is 65.9 cm³/mol. The molecule has 8 nitrogen and oxygen atoms in total. The third-order valence-corrected chi connectivity index (χ3v) is 3.28. The van der Waals surface area contributed by atoms with Crippen LogP contribution in [0.5, 0.6) is 0 Å². The van der Waals surface area contributed by atoms with Crippen LogP contribution < -0.4 is 17.0 Å². The molecule has 0 unspecified atom stereocenters. The monoisotopic (exact) mass is 291 g/mol. The maximum atomic E-state index is 11.6. The first-order valence-corrected chi connectivity index (χ1v) is 6.02. The third-order valence-electron chi connectivity index (χ3n) is 3.01. The SMILES string of the molecule is N[C@H]1C[C@@H](n2cc(Cl)c(=O)[nH]c2=O)O[C@@H]1[C@H](O)CO. The van der Waals surface area contributed by atoms with Crippen LogP contribution in [0.1, 0.15) is 12.6 Å². The Balaban J connectivity index is 2.28. The first-order chi connectivity index (χ1) is 8.93. The number of aliphatic hydroxyl groups excluding tert-OH is 2. The number of nitrogens with zero attached hydrogens (tertiary/aromatic N) is 1. The number of aromatic amines is 1. The van der Waals surface area contributed by atoms with E-state index >= 15 is 0 Å². The van der Waals surface area contributed by atoms with E-state index in [1.54, 1.807) is 0 Å². The number of aromatic nitrogens is 2. The molecule has 2 heterocycles. The van der Waals surface area contributed by atoms with Crippen molar-refractivity contribution in [3.05, 3.63) is 32.1 Å². The number of nitrogens with one attached hydrogen (secondary N) is 1. The highest BCUT2D eigenvalue weighted by atomic mass is 35.5. The summed E-state index contributed by atoms with van der Waals surface area (Å²) < 4.78 is 6.54. The van der Waals surface area contributed by atoms with E-state index in [2.05, 4.69) is 0 Å². The minimum absolute atomic E-state index is 0.150. The van der Waals surface area contributed by atoms with Gasteiger partial charge < -0.3 is 20.7 Å². The fourth-order valence-electron chi connectivity index (χ4n) is 2.04. The van der Waals surface area contributed by atoms with E-state index in [1.165, 1.54) is 0 Å². The van der Waals surface area contributed by atoms with Crippen molar-refractivity contribution in [3.8, 4) is 0 Å². The Morgan fingerprint density at radius 3 is 2.95 bits per heavy atom. The van der Waals surface area contributed by atoms with E-state index in [-0.39, 0.29) is 11.4 Å². The fraction of sp³-hybridized carbons (Fsp3) is 0.600. The van der Waals surface area contributed by atoms with Crippen LogP contribution in [-0.2, 0) is 4.74 Å². The van der Waals surface area contributed by atoms with Gasteiger partial charge in [0.15, 0.2) is 0 Å². The highest BCUT2D eigenvalue weighted by molar-refractivity contribution is 6.30. The largest absolute Gasteiger partial charge is 0.394 e. The molecular formula is C10H14ClN3O5. The van der Waals surface area contributed by atoms with Gasteiger partial charge in [-0.15, -0.1) is 0 Å². The van der Waals surface area contributed by atoms with Gasteiger partial charge in [-0.05, 0) is 0 Å². The molecule has 0 aromatic carbocycles. The van der Waals surface area contributed by atoms with Crippen molar-refractivity contribution in [2.24, 2.45) is 5.73 Å². The maximum absolute atomic E-state index is 11.6. The number of H-pyrrole nitrogens is 1. The molecule has 1 aromatic heterocycles. The molecule has 1 aliphatic rings. The van der Waals surface area contributed by atoms with E-state index < -0.39 is 42.3 Å². The summed E-state index contributed by atoms with van der Waals surface area (Å²) in [6, 6.07) is -0.537. The number of hydrogen-bond acceptors (Lipinski definition) is 6. The van der Waals surface area contributed by atoms with Crippen LogP contribution in [0.2, 0.25) is 5.02 Å². The molecule has 9 heteroatoms. The molecule has 0 aliphatic carbocycles. The second-order valence-corrected chi connectivity index (χ2v) is 4.76. The van der Waals surface area contributed by atoms with Crippen molar-refractivity contribution in [1.29, 1.82) is 0 Å². The average molecular weight is 292 g/mol. The zero-order valence-corrected chi connectivity index (χ0v) is 10.6. The Kier molecular flexibility index (Phi) is 4.07. The summed E-state index contributed by atoms with van der Waals surface area (Å²) in [5.74, 6) is 0. The molecule has 0 spiro atoms. The average Bonchev–Trinajstić information content (AvgIpc) is 2.75. The molecule has 106 valence electrons. The normalized spacial score (nSPS) is 28.5. The van der Waals surface area contributed by atoms with E-state index in [1.807, 2.05) is 4.98 Å². The Morgan fingerprint density at radius 2 is 2.32 bits per heavy atom. The van der Waals surface area contributed by atoms with Crippen LogP contribution in [0.3, 0.4) is 0 Å². The van der Waals surface area contributed by atoms with Gasteiger partial charge in [0.1, 0.15) is 23.5 Å². The van der Waals surface area contributed by atoms with Crippen LogP contribution >= 0.6 is 11.6 Å². The molecule has 19 heavy (non-hydrogen) atoms. The Morgan fingerprint density at radius 1 is 1.63 bits per heavy atom. The summed E-state index contributed by atoms with van der Waals surface area (Å²) in [6.07, 6.45) is -1.25. The van der Waals surface area contributed by atoms with Gasteiger partial charge in [0, 0.05) is 18.7 Å². The molecule has 4 atom stereocenters. The molecule has 1 aliphatic heterocycles. The molecule has 5 N–H and O–H groups in total. The predicted octanol–water partition coefficient (Wildman–Crippen LogP) is -1.84. The molecule has 0 amide bonds. The van der Waals surface area contributed by atoms with Gasteiger partial charge in [-0.3, -0.25) is 14.3 Å². The standard InChI is InChI=1S/C10H14ClN3O5/c11-4-2-14(10(18)13-9(4)17)7-1-5(12)8(19-7)6(16)3-15/h2,5-8,15-16H,1,3,12H2,(H,13,17,18)/t5-,6+,7-,8-/m0/s1. The second kappa shape index (κ2) is 5.43. The van der Waals surface area contributed by atoms with Crippen LogP contribution in [0.4, 0.5) is 0 Å². The molecule has 0 saturated carbocycles. The minimum atomic E-state index is -1.13. The van der Waals surface area contributed by atoms with Gasteiger partial charge >= 0.3 is 5.69 Å². The van der Waals surface area contributed by atoms with Gasteiger partial charge in [0.2, 0.25) is 0 Å². The lowest BCUT2D eigenvalue weighted by atomic mass is 10.1. The topological polar surface area (TPSA) is 131 Å². The lowest BCUT2D eigenvalue weighted by Crippen LogP contribution is -2.41. The molecule has 1 fully saturated rings. The number of aliphatic hydroxyl groups is 2. The first-order valence-electron chi connectivity index (χ1n) is 5.65. The molecule has 0 bridgehead atoms. The van der Waals surface area contributed by atoms with Crippen molar-refractivity contribution in [3.63, 3.8) is 0 Å². The minimum Gasteiger partial charge on any atom is -0.394 e. The van der Waals surface area contributed by atoms with E-state index in [4.69, 9.17) is 27.2 Å². The molecule has 2 rings (SSSR count). The first kappa shape index (κ1) is 14.2. The number of ether oxygens (including phenoxy) is 1. The zero-order chi connectivity index (χ0) is 14.2. The summed E-state index contributed by atoms with van der Waals surface area (Å²) in [5.41, 5.74) is 4.43. The highest BCUT2D eigenvalue weighted by Gasteiger charge is 2.38. The van der Waals surface area contributed by atoms with Crippen molar-refractivity contribution in [1.82, 2.24) is 9.55 Å². The lowest BCUT2D eigenvalue weighted by Gasteiger charge is -2.20. The highest BCUT2D eigenvalue weighted by Crippen LogP contribution is 2.28. The van der Waals surface area contributed by atoms with Gasteiger partial charge in [0.25, 0.3) is 5.56 Å². The quantitative estimate of drug-likeness (QED) is 0.517. The Hall–Kier alpha value is -1.19. The van der Waals surface area contributed by atoms with Gasteiger partial charge in [-0.1, -0.05) is 11.6 Å².